The van der Waals surface area contributed by atoms with Crippen molar-refractivity contribution >= 4 is 11.8 Å². The Morgan fingerprint density at radius 1 is 0.966 bits per heavy atom. The predicted octanol–water partition coefficient (Wildman–Crippen LogP) is 2.62. The van der Waals surface area contributed by atoms with Crippen molar-refractivity contribution < 1.29 is 19.1 Å². The van der Waals surface area contributed by atoms with E-state index in [-0.39, 0.29) is 23.7 Å². The average molecular weight is 396 g/mol. The van der Waals surface area contributed by atoms with Gasteiger partial charge >= 0.3 is 0 Å². The quantitative estimate of drug-likeness (QED) is 0.683. The van der Waals surface area contributed by atoms with Crippen LogP contribution < -0.4 is 20.1 Å². The van der Waals surface area contributed by atoms with E-state index in [1.807, 2.05) is 49.4 Å². The van der Waals surface area contributed by atoms with Crippen molar-refractivity contribution in [2.75, 3.05) is 20.8 Å². The molecule has 1 aliphatic rings. The Bertz CT molecular complexity index is 881. The summed E-state index contributed by atoms with van der Waals surface area (Å²) in [6.45, 7) is 3.03. The zero-order valence-electron chi connectivity index (χ0n) is 17.2. The van der Waals surface area contributed by atoms with Gasteiger partial charge in [-0.2, -0.15) is 0 Å². The summed E-state index contributed by atoms with van der Waals surface area (Å²) < 4.78 is 10.5. The van der Waals surface area contributed by atoms with Crippen LogP contribution in [0.2, 0.25) is 0 Å². The van der Waals surface area contributed by atoms with Gasteiger partial charge in [0.1, 0.15) is 0 Å². The molecule has 0 saturated heterocycles. The van der Waals surface area contributed by atoms with Crippen LogP contribution in [0, 0.1) is 18.8 Å². The fourth-order valence-corrected chi connectivity index (χ4v) is 3.39. The number of carbonyl (C=O) groups excluding carboxylic acids is 2. The first-order chi connectivity index (χ1) is 14.0. The molecule has 1 saturated carbocycles. The molecule has 2 atom stereocenters. The molecule has 3 rings (SSSR count). The van der Waals surface area contributed by atoms with Gasteiger partial charge in [-0.05, 0) is 48.6 Å². The van der Waals surface area contributed by atoms with Crippen LogP contribution in [0.3, 0.4) is 0 Å². The maximum Gasteiger partial charge on any atom is 0.224 e. The van der Waals surface area contributed by atoms with Gasteiger partial charge in [-0.1, -0.05) is 30.3 Å². The molecule has 2 unspecified atom stereocenters. The lowest BCUT2D eigenvalue weighted by molar-refractivity contribution is -0.127. The van der Waals surface area contributed by atoms with E-state index in [2.05, 4.69) is 10.6 Å². The van der Waals surface area contributed by atoms with E-state index in [4.69, 9.17) is 9.47 Å². The minimum Gasteiger partial charge on any atom is -0.493 e. The van der Waals surface area contributed by atoms with Gasteiger partial charge in [0, 0.05) is 13.1 Å². The second kappa shape index (κ2) is 9.45. The molecular weight excluding hydrogens is 368 g/mol. The molecule has 2 aromatic rings. The highest BCUT2D eigenvalue weighted by Gasteiger charge is 2.47. The summed E-state index contributed by atoms with van der Waals surface area (Å²) in [5.74, 6) is 0.800. The molecule has 6 nitrogen and oxygen atoms in total. The van der Waals surface area contributed by atoms with Crippen molar-refractivity contribution in [1.82, 2.24) is 10.6 Å². The van der Waals surface area contributed by atoms with Crippen LogP contribution in [0.25, 0.3) is 0 Å². The summed E-state index contributed by atoms with van der Waals surface area (Å²) in [4.78, 5) is 24.6. The van der Waals surface area contributed by atoms with Crippen LogP contribution in [0.15, 0.2) is 42.5 Å². The molecule has 0 spiro atoms. The van der Waals surface area contributed by atoms with E-state index in [1.54, 1.807) is 14.2 Å². The minimum atomic E-state index is -0.225. The topological polar surface area (TPSA) is 76.7 Å². The first-order valence-corrected chi connectivity index (χ1v) is 9.84. The number of amides is 2. The van der Waals surface area contributed by atoms with E-state index < -0.39 is 0 Å². The Hall–Kier alpha value is -3.02. The largest absolute Gasteiger partial charge is 0.493 e. The fourth-order valence-electron chi connectivity index (χ4n) is 3.39. The first-order valence-electron chi connectivity index (χ1n) is 9.84. The van der Waals surface area contributed by atoms with Gasteiger partial charge in [-0.3, -0.25) is 9.59 Å². The Morgan fingerprint density at radius 2 is 1.66 bits per heavy atom. The lowest BCUT2D eigenvalue weighted by Crippen LogP contribution is -2.31. The maximum absolute atomic E-state index is 12.3. The summed E-state index contributed by atoms with van der Waals surface area (Å²) in [6, 6.07) is 13.7. The summed E-state index contributed by atoms with van der Waals surface area (Å²) in [5.41, 5.74) is 3.29. The average Bonchev–Trinajstić information content (AvgIpc) is 3.54. The molecule has 2 aromatic carbocycles. The van der Waals surface area contributed by atoms with E-state index in [9.17, 15) is 9.59 Å². The van der Waals surface area contributed by atoms with Crippen molar-refractivity contribution in [2.45, 2.75) is 26.3 Å². The molecule has 2 amide bonds. The van der Waals surface area contributed by atoms with E-state index in [0.29, 0.717) is 37.4 Å². The Kier molecular flexibility index (Phi) is 6.75. The van der Waals surface area contributed by atoms with Crippen LogP contribution >= 0.6 is 0 Å². The van der Waals surface area contributed by atoms with Crippen molar-refractivity contribution in [3.8, 4) is 11.5 Å². The number of benzene rings is 2. The molecule has 0 radical (unpaired) electrons. The molecule has 6 heteroatoms. The Morgan fingerprint density at radius 3 is 2.34 bits per heavy atom. The van der Waals surface area contributed by atoms with Crippen LogP contribution in [0.1, 0.15) is 23.1 Å². The third-order valence-corrected chi connectivity index (χ3v) is 5.34. The third-order valence-electron chi connectivity index (χ3n) is 5.34. The molecule has 0 heterocycles. The third kappa shape index (κ3) is 5.28. The number of hydrogen-bond donors (Lipinski definition) is 2. The van der Waals surface area contributed by atoms with Gasteiger partial charge in [0.05, 0.1) is 26.1 Å². The van der Waals surface area contributed by atoms with Crippen molar-refractivity contribution in [3.63, 3.8) is 0 Å². The maximum atomic E-state index is 12.3. The van der Waals surface area contributed by atoms with Crippen molar-refractivity contribution in [3.05, 3.63) is 59.2 Å². The lowest BCUT2D eigenvalue weighted by atomic mass is 10.1. The molecule has 0 aromatic heterocycles. The second-order valence-corrected chi connectivity index (χ2v) is 7.32. The Labute approximate surface area is 171 Å². The van der Waals surface area contributed by atoms with Crippen LogP contribution in [-0.2, 0) is 22.6 Å². The van der Waals surface area contributed by atoms with Gasteiger partial charge in [-0.15, -0.1) is 0 Å². The SMILES string of the molecule is COc1ccc(CCNC(=O)C2CC2C(=O)NCc2ccccc2C)cc1OC. The zero-order chi connectivity index (χ0) is 20.8. The van der Waals surface area contributed by atoms with Crippen LogP contribution in [0.4, 0.5) is 0 Å². The number of aryl methyl sites for hydroxylation is 1. The lowest BCUT2D eigenvalue weighted by Gasteiger charge is -2.10. The normalized spacial score (nSPS) is 17.3. The number of hydrogen-bond acceptors (Lipinski definition) is 4. The van der Waals surface area contributed by atoms with Gasteiger partial charge in [0.15, 0.2) is 11.5 Å². The molecule has 0 aliphatic heterocycles. The van der Waals surface area contributed by atoms with Crippen molar-refractivity contribution in [1.29, 1.82) is 0 Å². The van der Waals surface area contributed by atoms with Gasteiger partial charge in [0.2, 0.25) is 11.8 Å². The Balaban J connectivity index is 1.41. The molecule has 154 valence electrons. The second-order valence-electron chi connectivity index (χ2n) is 7.32. The number of rotatable bonds is 9. The minimum absolute atomic E-state index is 0.0479. The number of methoxy groups -OCH3 is 2. The highest BCUT2D eigenvalue weighted by atomic mass is 16.5. The number of carbonyl (C=O) groups is 2. The van der Waals surface area contributed by atoms with E-state index >= 15 is 0 Å². The molecule has 1 aliphatic carbocycles. The van der Waals surface area contributed by atoms with Gasteiger partial charge in [-0.25, -0.2) is 0 Å². The van der Waals surface area contributed by atoms with Crippen molar-refractivity contribution in [2.24, 2.45) is 11.8 Å². The van der Waals surface area contributed by atoms with Crippen LogP contribution in [-0.4, -0.2) is 32.6 Å². The van der Waals surface area contributed by atoms with E-state index in [0.717, 1.165) is 16.7 Å². The number of ether oxygens (including phenoxy) is 2. The molecule has 1 fully saturated rings. The molecule has 2 N–H and O–H groups in total. The van der Waals surface area contributed by atoms with E-state index in [1.165, 1.54) is 0 Å². The summed E-state index contributed by atoms with van der Waals surface area (Å²) in [6.07, 6.45) is 1.30. The molecule has 29 heavy (non-hydrogen) atoms. The highest BCUT2D eigenvalue weighted by Crippen LogP contribution is 2.38. The standard InChI is InChI=1S/C23H28N2O4/c1-15-6-4-5-7-17(15)14-25-23(27)19-13-18(19)22(26)24-11-10-16-8-9-20(28-2)21(12-16)29-3/h4-9,12,18-19H,10-11,13-14H2,1-3H3,(H,24,26)(H,25,27). The van der Waals surface area contributed by atoms with Gasteiger partial charge in [0.25, 0.3) is 0 Å². The summed E-state index contributed by atoms with van der Waals surface area (Å²) in [5, 5.41) is 5.88. The smallest absolute Gasteiger partial charge is 0.224 e. The molecular formula is C23H28N2O4. The predicted molar refractivity (Wildman–Crippen MR) is 111 cm³/mol. The van der Waals surface area contributed by atoms with Crippen LogP contribution in [0.5, 0.6) is 11.5 Å². The fraction of sp³-hybridized carbons (Fsp3) is 0.391. The zero-order valence-corrected chi connectivity index (χ0v) is 17.2. The summed E-state index contributed by atoms with van der Waals surface area (Å²) >= 11 is 0. The first kappa shape index (κ1) is 20.7. The summed E-state index contributed by atoms with van der Waals surface area (Å²) in [7, 11) is 3.20. The highest BCUT2D eigenvalue weighted by molar-refractivity contribution is 5.92. The number of nitrogens with one attached hydrogen (secondary N) is 2. The van der Waals surface area contributed by atoms with Gasteiger partial charge < -0.3 is 20.1 Å². The molecule has 0 bridgehead atoms. The monoisotopic (exact) mass is 396 g/mol.